The Morgan fingerprint density at radius 2 is 2.10 bits per heavy atom. The van der Waals surface area contributed by atoms with E-state index in [-0.39, 0.29) is 5.41 Å². The fourth-order valence-corrected chi connectivity index (χ4v) is 2.88. The molecule has 0 spiro atoms. The van der Waals surface area contributed by atoms with Crippen molar-refractivity contribution in [1.29, 1.82) is 0 Å². The molecule has 112 valence electrons. The summed E-state index contributed by atoms with van der Waals surface area (Å²) in [6.07, 6.45) is 5.03. The van der Waals surface area contributed by atoms with Crippen LogP contribution in [0.3, 0.4) is 0 Å². The molecule has 1 saturated heterocycles. The highest BCUT2D eigenvalue weighted by molar-refractivity contribution is 5.41. The van der Waals surface area contributed by atoms with Crippen LogP contribution in [0.15, 0.2) is 18.2 Å². The quantitative estimate of drug-likeness (QED) is 0.813. The van der Waals surface area contributed by atoms with Gasteiger partial charge in [0.25, 0.3) is 0 Å². The van der Waals surface area contributed by atoms with Crippen LogP contribution in [0.5, 0.6) is 5.75 Å². The molecule has 0 saturated carbocycles. The van der Waals surface area contributed by atoms with E-state index in [4.69, 9.17) is 4.74 Å². The lowest BCUT2D eigenvalue weighted by atomic mass is 9.86. The van der Waals surface area contributed by atoms with E-state index >= 15 is 0 Å². The Bertz CT molecular complexity index is 428. The fraction of sp³-hybridized carbons (Fsp3) is 0.667. The maximum atomic E-state index is 6.08. The summed E-state index contributed by atoms with van der Waals surface area (Å²) in [5.41, 5.74) is 2.71. The number of ether oxygens (including phenoxy) is 1. The minimum Gasteiger partial charge on any atom is -0.493 e. The number of hydrogen-bond acceptors (Lipinski definition) is 2. The van der Waals surface area contributed by atoms with Crippen molar-refractivity contribution in [1.82, 2.24) is 5.32 Å². The van der Waals surface area contributed by atoms with Crippen LogP contribution >= 0.6 is 0 Å². The minimum atomic E-state index is 0.135. The van der Waals surface area contributed by atoms with Crippen LogP contribution in [0, 0.1) is 6.92 Å². The second-order valence-electron chi connectivity index (χ2n) is 7.03. The van der Waals surface area contributed by atoms with Gasteiger partial charge >= 0.3 is 0 Å². The smallest absolute Gasteiger partial charge is 0.123 e. The molecule has 1 heterocycles. The standard InChI is InChI=1S/C18H29NO/c1-14-9-10-16(18(2,3)4)17(13-14)20-12-6-8-15-7-5-11-19-15/h9-10,13,15,19H,5-8,11-12H2,1-4H3. The maximum absolute atomic E-state index is 6.08. The van der Waals surface area contributed by atoms with Crippen LogP contribution < -0.4 is 10.1 Å². The SMILES string of the molecule is Cc1ccc(C(C)(C)C)c(OCCCC2CCCN2)c1. The maximum Gasteiger partial charge on any atom is 0.123 e. The highest BCUT2D eigenvalue weighted by atomic mass is 16.5. The van der Waals surface area contributed by atoms with Crippen molar-refractivity contribution >= 4 is 0 Å². The molecule has 0 aliphatic carbocycles. The van der Waals surface area contributed by atoms with Crippen molar-refractivity contribution < 1.29 is 4.74 Å². The van der Waals surface area contributed by atoms with Crippen molar-refractivity contribution in [2.24, 2.45) is 0 Å². The van der Waals surface area contributed by atoms with E-state index in [0.29, 0.717) is 0 Å². The average molecular weight is 275 g/mol. The predicted molar refractivity (Wildman–Crippen MR) is 85.6 cm³/mol. The lowest BCUT2D eigenvalue weighted by Gasteiger charge is -2.23. The molecular formula is C18H29NO. The summed E-state index contributed by atoms with van der Waals surface area (Å²) in [6, 6.07) is 7.28. The molecule has 1 N–H and O–H groups in total. The van der Waals surface area contributed by atoms with Crippen LogP contribution in [0.4, 0.5) is 0 Å². The first-order valence-corrected chi connectivity index (χ1v) is 7.94. The van der Waals surface area contributed by atoms with E-state index in [9.17, 15) is 0 Å². The van der Waals surface area contributed by atoms with Crippen molar-refractivity contribution in [3.8, 4) is 5.75 Å². The Morgan fingerprint density at radius 1 is 1.30 bits per heavy atom. The average Bonchev–Trinajstić information content (AvgIpc) is 2.86. The number of nitrogens with one attached hydrogen (secondary N) is 1. The number of benzene rings is 1. The van der Waals surface area contributed by atoms with Crippen molar-refractivity contribution in [2.75, 3.05) is 13.2 Å². The van der Waals surface area contributed by atoms with Gasteiger partial charge in [-0.1, -0.05) is 32.9 Å². The van der Waals surface area contributed by atoms with Gasteiger partial charge in [0.2, 0.25) is 0 Å². The van der Waals surface area contributed by atoms with Crippen molar-refractivity contribution in [2.45, 2.75) is 64.8 Å². The van der Waals surface area contributed by atoms with Crippen LogP contribution in [0.25, 0.3) is 0 Å². The molecule has 1 unspecified atom stereocenters. The summed E-state index contributed by atoms with van der Waals surface area (Å²) in [4.78, 5) is 0. The van der Waals surface area contributed by atoms with Gasteiger partial charge in [0.15, 0.2) is 0 Å². The van der Waals surface area contributed by atoms with Gasteiger partial charge in [-0.3, -0.25) is 0 Å². The van der Waals surface area contributed by atoms with Crippen LogP contribution in [-0.2, 0) is 5.41 Å². The van der Waals surface area contributed by atoms with E-state index < -0.39 is 0 Å². The van der Waals surface area contributed by atoms with Crippen molar-refractivity contribution in [3.05, 3.63) is 29.3 Å². The summed E-state index contributed by atoms with van der Waals surface area (Å²) in [5.74, 6) is 1.07. The predicted octanol–water partition coefficient (Wildman–Crippen LogP) is 4.20. The van der Waals surface area contributed by atoms with E-state index in [1.807, 2.05) is 0 Å². The molecule has 1 aliphatic rings. The van der Waals surface area contributed by atoms with Crippen LogP contribution in [0.2, 0.25) is 0 Å². The third-order valence-corrected chi connectivity index (χ3v) is 4.06. The molecular weight excluding hydrogens is 246 g/mol. The highest BCUT2D eigenvalue weighted by Crippen LogP contribution is 2.32. The molecule has 20 heavy (non-hydrogen) atoms. The molecule has 2 heteroatoms. The van der Waals surface area contributed by atoms with Crippen molar-refractivity contribution in [3.63, 3.8) is 0 Å². The third kappa shape index (κ3) is 4.24. The Morgan fingerprint density at radius 3 is 2.75 bits per heavy atom. The zero-order valence-corrected chi connectivity index (χ0v) is 13.5. The van der Waals surface area contributed by atoms with Crippen LogP contribution in [0.1, 0.15) is 57.6 Å². The Balaban J connectivity index is 1.89. The second-order valence-corrected chi connectivity index (χ2v) is 7.03. The molecule has 2 rings (SSSR count). The lowest BCUT2D eigenvalue weighted by molar-refractivity contribution is 0.291. The summed E-state index contributed by atoms with van der Waals surface area (Å²) >= 11 is 0. The first-order chi connectivity index (χ1) is 9.47. The summed E-state index contributed by atoms with van der Waals surface area (Å²) in [5, 5.41) is 3.54. The monoisotopic (exact) mass is 275 g/mol. The van der Waals surface area contributed by atoms with Gasteiger partial charge in [-0.05, 0) is 61.8 Å². The molecule has 2 nitrogen and oxygen atoms in total. The molecule has 1 fully saturated rings. The molecule has 1 aliphatic heterocycles. The molecule has 1 aromatic carbocycles. The third-order valence-electron chi connectivity index (χ3n) is 4.06. The number of rotatable bonds is 5. The van der Waals surface area contributed by atoms with Gasteiger partial charge < -0.3 is 10.1 Å². The van der Waals surface area contributed by atoms with Gasteiger partial charge in [-0.15, -0.1) is 0 Å². The topological polar surface area (TPSA) is 21.3 Å². The van der Waals surface area contributed by atoms with Gasteiger partial charge in [-0.25, -0.2) is 0 Å². The summed E-state index contributed by atoms with van der Waals surface area (Å²) in [6.45, 7) is 10.9. The fourth-order valence-electron chi connectivity index (χ4n) is 2.88. The molecule has 1 atom stereocenters. The Hall–Kier alpha value is -1.02. The van der Waals surface area contributed by atoms with Gasteiger partial charge in [0.05, 0.1) is 6.61 Å². The summed E-state index contributed by atoms with van der Waals surface area (Å²) in [7, 11) is 0. The van der Waals surface area contributed by atoms with Gasteiger partial charge in [0, 0.05) is 6.04 Å². The first kappa shape index (κ1) is 15.4. The van der Waals surface area contributed by atoms with E-state index in [2.05, 4.69) is 51.2 Å². The largest absolute Gasteiger partial charge is 0.493 e. The second kappa shape index (κ2) is 6.62. The highest BCUT2D eigenvalue weighted by Gasteiger charge is 2.19. The van der Waals surface area contributed by atoms with E-state index in [0.717, 1.165) is 24.8 Å². The molecule has 0 aromatic heterocycles. The molecule has 0 amide bonds. The number of hydrogen-bond donors (Lipinski definition) is 1. The lowest BCUT2D eigenvalue weighted by Crippen LogP contribution is -2.21. The van der Waals surface area contributed by atoms with E-state index in [1.165, 1.54) is 36.9 Å². The van der Waals surface area contributed by atoms with Gasteiger partial charge in [-0.2, -0.15) is 0 Å². The van der Waals surface area contributed by atoms with Crippen LogP contribution in [-0.4, -0.2) is 19.2 Å². The normalized spacial score (nSPS) is 19.3. The van der Waals surface area contributed by atoms with Gasteiger partial charge in [0.1, 0.15) is 5.75 Å². The molecule has 1 aromatic rings. The summed E-state index contributed by atoms with van der Waals surface area (Å²) < 4.78 is 6.08. The first-order valence-electron chi connectivity index (χ1n) is 7.94. The number of aryl methyl sites for hydroxylation is 1. The zero-order valence-electron chi connectivity index (χ0n) is 13.5. The minimum absolute atomic E-state index is 0.135. The molecule has 0 radical (unpaired) electrons. The van der Waals surface area contributed by atoms with E-state index in [1.54, 1.807) is 0 Å². The zero-order chi connectivity index (χ0) is 14.6. The Labute approximate surface area is 123 Å². The Kier molecular flexibility index (Phi) is 5.09. The molecule has 0 bridgehead atoms.